The molecule has 6 nitrogen and oxygen atoms in total. The summed E-state index contributed by atoms with van der Waals surface area (Å²) in [4.78, 5) is 24.9. The second-order valence-electron chi connectivity index (χ2n) is 5.33. The quantitative estimate of drug-likeness (QED) is 0.681. The highest BCUT2D eigenvalue weighted by molar-refractivity contribution is 5.96. The lowest BCUT2D eigenvalue weighted by molar-refractivity contribution is -0.384. The standard InChI is InChI=1S/C15H21N3O3/c1-3-17(12-6-8-16-9-7-12)15(19)14-5-4-13(18(20)21)10-11(14)2/h4-5,10,12,16H,3,6-9H2,1-2H3. The molecular formula is C15H21N3O3. The fraction of sp³-hybridized carbons (Fsp3) is 0.533. The molecule has 1 N–H and O–H groups in total. The average molecular weight is 291 g/mol. The molecule has 1 saturated heterocycles. The molecule has 0 saturated carbocycles. The Hall–Kier alpha value is -1.95. The van der Waals surface area contributed by atoms with E-state index in [1.54, 1.807) is 13.0 Å². The SMILES string of the molecule is CCN(C(=O)c1ccc([N+](=O)[O-])cc1C)C1CCNCC1. The summed E-state index contributed by atoms with van der Waals surface area (Å²) in [6.07, 6.45) is 1.90. The first-order valence-corrected chi connectivity index (χ1v) is 7.31. The Morgan fingerprint density at radius 2 is 2.10 bits per heavy atom. The molecule has 0 aliphatic carbocycles. The van der Waals surface area contributed by atoms with E-state index < -0.39 is 4.92 Å². The van der Waals surface area contributed by atoms with Crippen molar-refractivity contribution < 1.29 is 9.72 Å². The van der Waals surface area contributed by atoms with E-state index in [4.69, 9.17) is 0 Å². The maximum absolute atomic E-state index is 12.7. The minimum Gasteiger partial charge on any atom is -0.336 e. The Labute approximate surface area is 124 Å². The van der Waals surface area contributed by atoms with Gasteiger partial charge in [0, 0.05) is 30.3 Å². The summed E-state index contributed by atoms with van der Waals surface area (Å²) in [6, 6.07) is 4.68. The van der Waals surface area contributed by atoms with Gasteiger partial charge in [0.15, 0.2) is 0 Å². The molecule has 1 aliphatic heterocycles. The van der Waals surface area contributed by atoms with Crippen LogP contribution in [0.15, 0.2) is 18.2 Å². The van der Waals surface area contributed by atoms with E-state index in [9.17, 15) is 14.9 Å². The van der Waals surface area contributed by atoms with Gasteiger partial charge >= 0.3 is 0 Å². The maximum atomic E-state index is 12.7. The number of hydrogen-bond acceptors (Lipinski definition) is 4. The molecule has 6 heteroatoms. The second-order valence-corrected chi connectivity index (χ2v) is 5.33. The van der Waals surface area contributed by atoms with Crippen LogP contribution in [-0.4, -0.2) is 41.4 Å². The van der Waals surface area contributed by atoms with Gasteiger partial charge in [-0.25, -0.2) is 0 Å². The minimum atomic E-state index is -0.439. The van der Waals surface area contributed by atoms with E-state index in [0.717, 1.165) is 25.9 Å². The predicted molar refractivity (Wildman–Crippen MR) is 80.4 cm³/mol. The molecule has 1 aliphatic rings. The number of amides is 1. The van der Waals surface area contributed by atoms with Crippen molar-refractivity contribution in [3.05, 3.63) is 39.4 Å². The van der Waals surface area contributed by atoms with E-state index in [0.29, 0.717) is 17.7 Å². The van der Waals surface area contributed by atoms with Crippen molar-refractivity contribution in [3.8, 4) is 0 Å². The Balaban J connectivity index is 2.22. The third kappa shape index (κ3) is 3.39. The van der Waals surface area contributed by atoms with Crippen LogP contribution in [0, 0.1) is 17.0 Å². The number of nitrogens with one attached hydrogen (secondary N) is 1. The summed E-state index contributed by atoms with van der Waals surface area (Å²) in [5.74, 6) is -0.0307. The van der Waals surface area contributed by atoms with Gasteiger partial charge in [-0.1, -0.05) is 0 Å². The van der Waals surface area contributed by atoms with Crippen LogP contribution in [0.25, 0.3) is 0 Å². The van der Waals surface area contributed by atoms with Crippen LogP contribution in [0.4, 0.5) is 5.69 Å². The van der Waals surface area contributed by atoms with Gasteiger partial charge in [-0.05, 0) is 51.4 Å². The van der Waals surface area contributed by atoms with E-state index in [-0.39, 0.29) is 17.6 Å². The zero-order valence-corrected chi connectivity index (χ0v) is 12.5. The number of benzene rings is 1. The molecule has 0 unspecified atom stereocenters. The number of nitro groups is 1. The van der Waals surface area contributed by atoms with Crippen molar-refractivity contribution in [2.75, 3.05) is 19.6 Å². The van der Waals surface area contributed by atoms with E-state index >= 15 is 0 Å². The van der Waals surface area contributed by atoms with Crippen LogP contribution in [0.3, 0.4) is 0 Å². The number of carbonyl (C=O) groups excluding carboxylic acids is 1. The van der Waals surface area contributed by atoms with Gasteiger partial charge in [-0.2, -0.15) is 0 Å². The highest BCUT2D eigenvalue weighted by Gasteiger charge is 2.26. The molecule has 0 atom stereocenters. The van der Waals surface area contributed by atoms with Crippen molar-refractivity contribution >= 4 is 11.6 Å². The maximum Gasteiger partial charge on any atom is 0.269 e. The van der Waals surface area contributed by atoms with Crippen molar-refractivity contribution in [1.82, 2.24) is 10.2 Å². The zero-order chi connectivity index (χ0) is 15.4. The van der Waals surface area contributed by atoms with Gasteiger partial charge in [0.05, 0.1) is 4.92 Å². The van der Waals surface area contributed by atoms with Crippen LogP contribution in [0.1, 0.15) is 35.7 Å². The molecule has 114 valence electrons. The first kappa shape index (κ1) is 15.4. The predicted octanol–water partition coefficient (Wildman–Crippen LogP) is 2.12. The molecular weight excluding hydrogens is 270 g/mol. The first-order chi connectivity index (χ1) is 10.0. The normalized spacial score (nSPS) is 15.7. The summed E-state index contributed by atoms with van der Waals surface area (Å²) in [6.45, 7) is 6.22. The number of piperidine rings is 1. The molecule has 1 aromatic carbocycles. The molecule has 1 fully saturated rings. The summed E-state index contributed by atoms with van der Waals surface area (Å²) < 4.78 is 0. The molecule has 0 aromatic heterocycles. The number of hydrogen-bond donors (Lipinski definition) is 1. The molecule has 2 rings (SSSR count). The summed E-state index contributed by atoms with van der Waals surface area (Å²) in [5.41, 5.74) is 1.23. The minimum absolute atomic E-state index is 0.0222. The van der Waals surface area contributed by atoms with Crippen molar-refractivity contribution in [2.24, 2.45) is 0 Å². The first-order valence-electron chi connectivity index (χ1n) is 7.31. The van der Waals surface area contributed by atoms with Crippen molar-refractivity contribution in [3.63, 3.8) is 0 Å². The van der Waals surface area contributed by atoms with Crippen LogP contribution in [0.2, 0.25) is 0 Å². The van der Waals surface area contributed by atoms with Crippen LogP contribution in [-0.2, 0) is 0 Å². The lowest BCUT2D eigenvalue weighted by atomic mass is 10.0. The Kier molecular flexibility index (Phi) is 4.90. The van der Waals surface area contributed by atoms with Gasteiger partial charge in [0.25, 0.3) is 11.6 Å². The Morgan fingerprint density at radius 3 is 2.62 bits per heavy atom. The van der Waals surface area contributed by atoms with E-state index in [1.165, 1.54) is 12.1 Å². The average Bonchev–Trinajstić information content (AvgIpc) is 2.48. The fourth-order valence-corrected chi connectivity index (χ4v) is 2.84. The summed E-state index contributed by atoms with van der Waals surface area (Å²) in [7, 11) is 0. The van der Waals surface area contributed by atoms with Gasteiger partial charge < -0.3 is 10.2 Å². The number of aryl methyl sites for hydroxylation is 1. The Morgan fingerprint density at radius 1 is 1.43 bits per heavy atom. The zero-order valence-electron chi connectivity index (χ0n) is 12.5. The summed E-state index contributed by atoms with van der Waals surface area (Å²) in [5, 5.41) is 14.1. The van der Waals surface area contributed by atoms with E-state index in [2.05, 4.69) is 5.32 Å². The Bertz CT molecular complexity index is 539. The van der Waals surface area contributed by atoms with Gasteiger partial charge in [0.2, 0.25) is 0 Å². The molecule has 0 bridgehead atoms. The van der Waals surface area contributed by atoms with Gasteiger partial charge in [-0.15, -0.1) is 0 Å². The summed E-state index contributed by atoms with van der Waals surface area (Å²) >= 11 is 0. The third-order valence-electron chi connectivity index (χ3n) is 4.00. The molecule has 21 heavy (non-hydrogen) atoms. The lowest BCUT2D eigenvalue weighted by Crippen LogP contribution is -2.46. The molecule has 0 spiro atoms. The van der Waals surface area contributed by atoms with Gasteiger partial charge in [-0.3, -0.25) is 14.9 Å². The molecule has 0 radical (unpaired) electrons. The second kappa shape index (κ2) is 6.67. The third-order valence-corrected chi connectivity index (χ3v) is 4.00. The number of rotatable bonds is 4. The topological polar surface area (TPSA) is 75.5 Å². The fourth-order valence-electron chi connectivity index (χ4n) is 2.84. The number of nitrogens with zero attached hydrogens (tertiary/aromatic N) is 2. The number of carbonyl (C=O) groups is 1. The van der Waals surface area contributed by atoms with Crippen LogP contribution in [0.5, 0.6) is 0 Å². The lowest BCUT2D eigenvalue weighted by Gasteiger charge is -2.34. The van der Waals surface area contributed by atoms with Gasteiger partial charge in [0.1, 0.15) is 0 Å². The number of non-ortho nitro benzene ring substituents is 1. The van der Waals surface area contributed by atoms with Crippen LogP contribution >= 0.6 is 0 Å². The molecule has 1 aromatic rings. The van der Waals surface area contributed by atoms with Crippen LogP contribution < -0.4 is 5.32 Å². The monoisotopic (exact) mass is 291 g/mol. The molecule has 1 amide bonds. The largest absolute Gasteiger partial charge is 0.336 e. The highest BCUT2D eigenvalue weighted by atomic mass is 16.6. The highest BCUT2D eigenvalue weighted by Crippen LogP contribution is 2.21. The van der Waals surface area contributed by atoms with E-state index in [1.807, 2.05) is 11.8 Å². The van der Waals surface area contributed by atoms with Crippen molar-refractivity contribution in [2.45, 2.75) is 32.7 Å². The number of nitro benzene ring substituents is 1. The smallest absolute Gasteiger partial charge is 0.269 e. The van der Waals surface area contributed by atoms with Crippen molar-refractivity contribution in [1.29, 1.82) is 0 Å². The molecule has 1 heterocycles.